The molecule has 1 heterocycles. The Balaban J connectivity index is 3.13. The third kappa shape index (κ3) is 13.2. The average molecular weight is 623 g/mol. The third-order valence-electron chi connectivity index (χ3n) is 7.48. The minimum absolute atomic E-state index is 0.0268. The van der Waals surface area contributed by atoms with Gasteiger partial charge in [0, 0.05) is 32.6 Å². The van der Waals surface area contributed by atoms with Gasteiger partial charge in [-0.3, -0.25) is 28.8 Å². The summed E-state index contributed by atoms with van der Waals surface area (Å²) in [5.74, 6) is -2.78. The van der Waals surface area contributed by atoms with E-state index >= 15 is 0 Å². The lowest BCUT2D eigenvalue weighted by molar-refractivity contribution is -0.149. The largest absolute Gasteiger partial charge is 0.352 e. The molecule has 0 aliphatic carbocycles. The highest BCUT2D eigenvalue weighted by Gasteiger charge is 2.38. The molecule has 0 bridgehead atoms. The second kappa shape index (κ2) is 18.6. The van der Waals surface area contributed by atoms with E-state index in [1.807, 2.05) is 55.4 Å². The van der Waals surface area contributed by atoms with Crippen LogP contribution in [-0.2, 0) is 28.8 Å². The van der Waals surface area contributed by atoms with E-state index in [9.17, 15) is 28.8 Å². The van der Waals surface area contributed by atoms with E-state index in [1.165, 1.54) is 14.0 Å². The topological polar surface area (TPSA) is 157 Å². The molecule has 44 heavy (non-hydrogen) atoms. The van der Waals surface area contributed by atoms with E-state index in [2.05, 4.69) is 21.3 Å². The highest BCUT2D eigenvalue weighted by atomic mass is 16.2. The molecule has 1 rings (SSSR count). The monoisotopic (exact) mass is 622 g/mol. The summed E-state index contributed by atoms with van der Waals surface area (Å²) in [4.78, 5) is 82.2. The second-order valence-corrected chi connectivity index (χ2v) is 13.7. The van der Waals surface area contributed by atoms with Gasteiger partial charge in [0.15, 0.2) is 6.04 Å². The SMILES string of the molecule is CC(C)CC(=O)N[C@H](C(=O)N1CCCCC1)C(=O)N(C)[C@@H](C)C(=O)N[C@@H](CC(C)C)C(=O)N[C@@H](CC(C)C)C(=O)NC(C)C. The minimum Gasteiger partial charge on any atom is -0.352 e. The van der Waals surface area contributed by atoms with Crippen molar-refractivity contribution in [2.75, 3.05) is 20.1 Å². The van der Waals surface area contributed by atoms with Gasteiger partial charge in [-0.05, 0) is 70.6 Å². The van der Waals surface area contributed by atoms with Crippen molar-refractivity contribution in [1.82, 2.24) is 31.1 Å². The van der Waals surface area contributed by atoms with Gasteiger partial charge in [0.05, 0.1) is 0 Å². The van der Waals surface area contributed by atoms with Crippen LogP contribution in [0, 0.1) is 17.8 Å². The van der Waals surface area contributed by atoms with Gasteiger partial charge in [-0.1, -0.05) is 41.5 Å². The van der Waals surface area contributed by atoms with Crippen LogP contribution in [0.15, 0.2) is 0 Å². The number of hydrogen-bond donors (Lipinski definition) is 4. The van der Waals surface area contributed by atoms with Crippen LogP contribution in [0.2, 0.25) is 0 Å². The fraction of sp³-hybridized carbons (Fsp3) is 0.812. The number of carbonyl (C=O) groups excluding carboxylic acids is 6. The Hall–Kier alpha value is -3.18. The number of hydrogen-bond acceptors (Lipinski definition) is 6. The molecular formula is C32H58N6O6. The van der Waals surface area contributed by atoms with Gasteiger partial charge < -0.3 is 31.1 Å². The van der Waals surface area contributed by atoms with Gasteiger partial charge in [0.2, 0.25) is 23.6 Å². The molecule has 0 spiro atoms. The molecule has 0 aromatic heterocycles. The Morgan fingerprint density at radius 2 is 1.11 bits per heavy atom. The molecule has 1 aliphatic heterocycles. The number of nitrogens with one attached hydrogen (secondary N) is 4. The summed E-state index contributed by atoms with van der Waals surface area (Å²) in [6.07, 6.45) is 3.51. The Morgan fingerprint density at radius 1 is 0.636 bits per heavy atom. The summed E-state index contributed by atoms with van der Waals surface area (Å²) < 4.78 is 0. The Bertz CT molecular complexity index is 992. The van der Waals surface area contributed by atoms with E-state index in [0.717, 1.165) is 24.2 Å². The lowest BCUT2D eigenvalue weighted by Gasteiger charge is -2.33. The van der Waals surface area contributed by atoms with E-state index < -0.39 is 53.7 Å². The first-order chi connectivity index (χ1) is 20.4. The van der Waals surface area contributed by atoms with Crippen LogP contribution < -0.4 is 21.3 Å². The standard InChI is InChI=1S/C32H58N6O6/c1-19(2)16-24(29(41)33-22(7)8)35-30(42)25(17-20(3)4)34-28(40)23(9)37(10)31(43)27(36-26(39)18-21(5)6)32(44)38-14-12-11-13-15-38/h19-25,27H,11-18H2,1-10H3,(H,33,41)(H,34,40)(H,35,42)(H,36,39)/t23-,24-,25-,27-/m0/s1. The lowest BCUT2D eigenvalue weighted by Crippen LogP contribution is -2.61. The van der Waals surface area contributed by atoms with E-state index in [0.29, 0.717) is 25.9 Å². The zero-order chi connectivity index (χ0) is 33.7. The molecule has 1 saturated heterocycles. The zero-order valence-corrected chi connectivity index (χ0v) is 28.6. The summed E-state index contributed by atoms with van der Waals surface area (Å²) in [6, 6.07) is -4.33. The van der Waals surface area contributed by atoms with Crippen molar-refractivity contribution >= 4 is 35.4 Å². The molecule has 12 nitrogen and oxygen atoms in total. The van der Waals surface area contributed by atoms with Crippen molar-refractivity contribution in [3.8, 4) is 0 Å². The van der Waals surface area contributed by atoms with Gasteiger partial charge in [0.1, 0.15) is 18.1 Å². The second-order valence-electron chi connectivity index (χ2n) is 13.7. The number of piperidine rings is 1. The number of likely N-dealkylation sites (N-methyl/N-ethyl adjacent to an activating group) is 1. The molecule has 0 aromatic carbocycles. The first kappa shape index (κ1) is 38.8. The molecular weight excluding hydrogens is 564 g/mol. The first-order valence-electron chi connectivity index (χ1n) is 16.2. The molecule has 4 N–H and O–H groups in total. The van der Waals surface area contributed by atoms with Crippen molar-refractivity contribution in [2.45, 2.75) is 131 Å². The first-order valence-corrected chi connectivity index (χ1v) is 16.2. The molecule has 252 valence electrons. The minimum atomic E-state index is -1.45. The van der Waals surface area contributed by atoms with Crippen LogP contribution in [0.5, 0.6) is 0 Å². The number of amides is 6. The molecule has 4 atom stereocenters. The van der Waals surface area contributed by atoms with Crippen molar-refractivity contribution in [3.05, 3.63) is 0 Å². The molecule has 0 aromatic rings. The number of rotatable bonds is 16. The van der Waals surface area contributed by atoms with E-state index in [1.54, 1.807) is 4.90 Å². The Labute approximate surface area is 264 Å². The third-order valence-corrected chi connectivity index (χ3v) is 7.48. The molecule has 1 aliphatic rings. The summed E-state index contributed by atoms with van der Waals surface area (Å²) in [5.41, 5.74) is 0. The van der Waals surface area contributed by atoms with Crippen molar-refractivity contribution in [1.29, 1.82) is 0 Å². The van der Waals surface area contributed by atoms with Crippen molar-refractivity contribution in [3.63, 3.8) is 0 Å². The van der Waals surface area contributed by atoms with Crippen LogP contribution in [-0.4, -0.2) is 95.6 Å². The van der Waals surface area contributed by atoms with E-state index in [-0.39, 0.29) is 36.1 Å². The summed E-state index contributed by atoms with van der Waals surface area (Å²) in [5, 5.41) is 11.0. The van der Waals surface area contributed by atoms with Gasteiger partial charge in [-0.15, -0.1) is 0 Å². The van der Waals surface area contributed by atoms with Gasteiger partial charge in [0.25, 0.3) is 11.8 Å². The van der Waals surface area contributed by atoms with Crippen LogP contribution in [0.3, 0.4) is 0 Å². The zero-order valence-electron chi connectivity index (χ0n) is 28.6. The van der Waals surface area contributed by atoms with Crippen molar-refractivity contribution < 1.29 is 28.8 Å². The molecule has 1 fully saturated rings. The average Bonchev–Trinajstić information content (AvgIpc) is 2.92. The van der Waals surface area contributed by atoms with Crippen LogP contribution >= 0.6 is 0 Å². The number of carbonyl (C=O) groups is 6. The van der Waals surface area contributed by atoms with Crippen LogP contribution in [0.4, 0.5) is 0 Å². The maximum Gasteiger partial charge on any atom is 0.255 e. The molecule has 6 amide bonds. The highest BCUT2D eigenvalue weighted by molar-refractivity contribution is 6.08. The lowest BCUT2D eigenvalue weighted by atomic mass is 9.99. The van der Waals surface area contributed by atoms with Crippen LogP contribution in [0.25, 0.3) is 0 Å². The summed E-state index contributed by atoms with van der Waals surface area (Å²) in [7, 11) is 1.41. The highest BCUT2D eigenvalue weighted by Crippen LogP contribution is 2.14. The molecule has 0 radical (unpaired) electrons. The predicted molar refractivity (Wildman–Crippen MR) is 170 cm³/mol. The summed E-state index contributed by atoms with van der Waals surface area (Å²) in [6.45, 7) is 17.7. The van der Waals surface area contributed by atoms with Gasteiger partial charge in [-0.2, -0.15) is 0 Å². The normalized spacial score (nSPS) is 16.3. The van der Waals surface area contributed by atoms with E-state index in [4.69, 9.17) is 0 Å². The molecule has 12 heteroatoms. The Kier molecular flexibility index (Phi) is 16.4. The number of nitrogens with zero attached hydrogens (tertiary/aromatic N) is 2. The van der Waals surface area contributed by atoms with Gasteiger partial charge >= 0.3 is 0 Å². The fourth-order valence-electron chi connectivity index (χ4n) is 5.04. The smallest absolute Gasteiger partial charge is 0.255 e. The molecule has 0 saturated carbocycles. The fourth-order valence-corrected chi connectivity index (χ4v) is 5.04. The summed E-state index contributed by atoms with van der Waals surface area (Å²) >= 11 is 0. The van der Waals surface area contributed by atoms with Crippen LogP contribution in [0.1, 0.15) is 101 Å². The maximum atomic E-state index is 13.7. The Morgan fingerprint density at radius 3 is 1.57 bits per heavy atom. The van der Waals surface area contributed by atoms with Crippen molar-refractivity contribution in [2.24, 2.45) is 17.8 Å². The molecule has 0 unspecified atom stereocenters. The van der Waals surface area contributed by atoms with Gasteiger partial charge in [-0.25, -0.2) is 0 Å². The number of likely N-dealkylation sites (tertiary alicyclic amines) is 1. The quantitative estimate of drug-likeness (QED) is 0.193. The maximum absolute atomic E-state index is 13.7. The predicted octanol–water partition coefficient (Wildman–Crippen LogP) is 1.96.